The summed E-state index contributed by atoms with van der Waals surface area (Å²) in [6, 6.07) is 9.70. The molecule has 102 valence electrons. The van der Waals surface area contributed by atoms with E-state index in [1.54, 1.807) is 4.57 Å². The van der Waals surface area contributed by atoms with Crippen LogP contribution in [-0.4, -0.2) is 16.1 Å². The van der Waals surface area contributed by atoms with E-state index in [4.69, 9.17) is 5.73 Å². The molecule has 0 saturated heterocycles. The van der Waals surface area contributed by atoms with Crippen LogP contribution in [0.15, 0.2) is 35.1 Å². The molecule has 2 N–H and O–H groups in total. The Labute approximate surface area is 118 Å². The van der Waals surface area contributed by atoms with Gasteiger partial charge in [-0.25, -0.2) is 4.79 Å². The lowest BCUT2D eigenvalue weighted by Crippen LogP contribution is -2.26. The third kappa shape index (κ3) is 3.34. The summed E-state index contributed by atoms with van der Waals surface area (Å²) in [5.41, 5.74) is 8.74. The smallest absolute Gasteiger partial charge is 0.320 e. The highest BCUT2D eigenvalue weighted by Crippen LogP contribution is 2.06. The first-order valence-electron chi connectivity index (χ1n) is 6.43. The third-order valence-electron chi connectivity index (χ3n) is 2.98. The topological polar surface area (TPSA) is 60.9 Å². The van der Waals surface area contributed by atoms with Crippen LogP contribution in [-0.2, 0) is 6.54 Å². The quantitative estimate of drug-likeness (QED) is 0.832. The minimum absolute atomic E-state index is 0.213. The zero-order valence-electron chi connectivity index (χ0n) is 11.7. The Morgan fingerprint density at radius 1 is 1.25 bits per heavy atom. The number of rotatable bonds is 2. The van der Waals surface area contributed by atoms with E-state index in [-0.39, 0.29) is 5.69 Å². The average Bonchev–Trinajstić information content (AvgIpc) is 2.42. The van der Waals surface area contributed by atoms with Gasteiger partial charge in [-0.2, -0.15) is 4.98 Å². The van der Waals surface area contributed by atoms with Crippen LogP contribution in [0.4, 0.5) is 0 Å². The first kappa shape index (κ1) is 14.0. The number of nitrogens with two attached hydrogens (primary N) is 1. The van der Waals surface area contributed by atoms with Crippen molar-refractivity contribution in [2.75, 3.05) is 6.54 Å². The van der Waals surface area contributed by atoms with Crippen molar-refractivity contribution in [1.29, 1.82) is 0 Å². The summed E-state index contributed by atoms with van der Waals surface area (Å²) in [6.45, 7) is 4.61. The first-order chi connectivity index (χ1) is 9.60. The van der Waals surface area contributed by atoms with Crippen molar-refractivity contribution in [3.05, 3.63) is 63.3 Å². The van der Waals surface area contributed by atoms with Gasteiger partial charge in [0.15, 0.2) is 0 Å². The van der Waals surface area contributed by atoms with E-state index in [9.17, 15) is 4.79 Å². The summed E-state index contributed by atoms with van der Waals surface area (Å²) >= 11 is 0. The predicted molar refractivity (Wildman–Crippen MR) is 79.4 cm³/mol. The van der Waals surface area contributed by atoms with Gasteiger partial charge in [-0.15, -0.1) is 0 Å². The molecule has 4 heteroatoms. The molecular weight excluding hydrogens is 250 g/mol. The van der Waals surface area contributed by atoms with Gasteiger partial charge in [0.1, 0.15) is 0 Å². The van der Waals surface area contributed by atoms with Crippen molar-refractivity contribution < 1.29 is 0 Å². The zero-order chi connectivity index (χ0) is 14.5. The molecule has 1 heterocycles. The van der Waals surface area contributed by atoms with Gasteiger partial charge >= 0.3 is 5.69 Å². The molecule has 0 bridgehead atoms. The van der Waals surface area contributed by atoms with E-state index >= 15 is 0 Å². The van der Waals surface area contributed by atoms with Gasteiger partial charge in [0.05, 0.1) is 13.1 Å². The average molecular weight is 267 g/mol. The standard InChI is InChI=1S/C16H17N3O/c1-12-10-13(2)19(16(20)18-12)11-15-7-5-14(6-8-15)4-3-9-17/h5-8,10H,9,11,17H2,1-2H3. The fourth-order valence-electron chi connectivity index (χ4n) is 2.00. The molecule has 0 radical (unpaired) electrons. The molecule has 2 aromatic rings. The maximum absolute atomic E-state index is 11.9. The van der Waals surface area contributed by atoms with Crippen molar-refractivity contribution in [3.8, 4) is 11.8 Å². The van der Waals surface area contributed by atoms with Crippen molar-refractivity contribution in [2.24, 2.45) is 5.73 Å². The Hall–Kier alpha value is -2.38. The lowest BCUT2D eigenvalue weighted by Gasteiger charge is -2.09. The number of hydrogen-bond donors (Lipinski definition) is 1. The van der Waals surface area contributed by atoms with Gasteiger partial charge in [-0.1, -0.05) is 24.0 Å². The van der Waals surface area contributed by atoms with Crippen LogP contribution < -0.4 is 11.4 Å². The van der Waals surface area contributed by atoms with E-state index < -0.39 is 0 Å². The van der Waals surface area contributed by atoms with E-state index in [1.807, 2.05) is 44.2 Å². The minimum atomic E-state index is -0.213. The Balaban J connectivity index is 2.25. The molecule has 0 atom stereocenters. The third-order valence-corrected chi connectivity index (χ3v) is 2.98. The number of benzene rings is 1. The van der Waals surface area contributed by atoms with Crippen LogP contribution in [0, 0.1) is 25.7 Å². The molecule has 0 amide bonds. The lowest BCUT2D eigenvalue weighted by atomic mass is 10.1. The van der Waals surface area contributed by atoms with Crippen LogP contribution in [0.25, 0.3) is 0 Å². The van der Waals surface area contributed by atoms with Gasteiger partial charge in [0.2, 0.25) is 0 Å². The Morgan fingerprint density at radius 3 is 2.55 bits per heavy atom. The van der Waals surface area contributed by atoms with Crippen molar-refractivity contribution in [3.63, 3.8) is 0 Å². The summed E-state index contributed by atoms with van der Waals surface area (Å²) in [5, 5.41) is 0. The second kappa shape index (κ2) is 6.18. The highest BCUT2D eigenvalue weighted by atomic mass is 16.1. The Kier molecular flexibility index (Phi) is 4.34. The molecule has 0 spiro atoms. The van der Waals surface area contributed by atoms with Gasteiger partial charge in [0.25, 0.3) is 0 Å². The second-order valence-corrected chi connectivity index (χ2v) is 4.61. The zero-order valence-corrected chi connectivity index (χ0v) is 11.7. The molecule has 0 saturated carbocycles. The molecule has 1 aromatic heterocycles. The molecule has 0 unspecified atom stereocenters. The number of hydrogen-bond acceptors (Lipinski definition) is 3. The molecule has 0 aliphatic carbocycles. The van der Waals surface area contributed by atoms with Crippen molar-refractivity contribution in [2.45, 2.75) is 20.4 Å². The van der Waals surface area contributed by atoms with Crippen LogP contribution in [0.1, 0.15) is 22.5 Å². The molecule has 2 rings (SSSR count). The summed E-state index contributed by atoms with van der Waals surface area (Å²) in [5.74, 6) is 5.78. The minimum Gasteiger partial charge on any atom is -0.320 e. The van der Waals surface area contributed by atoms with E-state index in [0.29, 0.717) is 13.1 Å². The summed E-state index contributed by atoms with van der Waals surface area (Å²) < 4.78 is 1.66. The molecule has 4 nitrogen and oxygen atoms in total. The van der Waals surface area contributed by atoms with E-state index in [2.05, 4.69) is 16.8 Å². The highest BCUT2D eigenvalue weighted by Gasteiger charge is 2.03. The Bertz CT molecular complexity index is 718. The molecule has 0 aliphatic rings. The summed E-state index contributed by atoms with van der Waals surface area (Å²) in [4.78, 5) is 15.8. The molecule has 0 aliphatic heterocycles. The molecular formula is C16H17N3O. The fourth-order valence-corrected chi connectivity index (χ4v) is 2.00. The maximum atomic E-state index is 11.9. The normalized spacial score (nSPS) is 9.95. The van der Waals surface area contributed by atoms with Crippen LogP contribution >= 0.6 is 0 Å². The van der Waals surface area contributed by atoms with Gasteiger partial charge < -0.3 is 5.73 Å². The van der Waals surface area contributed by atoms with E-state index in [1.165, 1.54) is 0 Å². The maximum Gasteiger partial charge on any atom is 0.348 e. The Morgan fingerprint density at radius 2 is 1.95 bits per heavy atom. The summed E-state index contributed by atoms with van der Waals surface area (Å²) in [7, 11) is 0. The fraction of sp³-hybridized carbons (Fsp3) is 0.250. The summed E-state index contributed by atoms with van der Waals surface area (Å²) in [6.07, 6.45) is 0. The SMILES string of the molecule is Cc1cc(C)n(Cc2ccc(C#CCN)cc2)c(=O)n1. The monoisotopic (exact) mass is 267 g/mol. The van der Waals surface area contributed by atoms with Crippen molar-refractivity contribution in [1.82, 2.24) is 9.55 Å². The van der Waals surface area contributed by atoms with Crippen LogP contribution in [0.5, 0.6) is 0 Å². The molecule has 1 aromatic carbocycles. The second-order valence-electron chi connectivity index (χ2n) is 4.61. The predicted octanol–water partition coefficient (Wildman–Crippen LogP) is 1.22. The van der Waals surface area contributed by atoms with Gasteiger partial charge in [-0.05, 0) is 37.6 Å². The van der Waals surface area contributed by atoms with Gasteiger partial charge in [0, 0.05) is 17.0 Å². The van der Waals surface area contributed by atoms with Crippen LogP contribution in [0.3, 0.4) is 0 Å². The number of aryl methyl sites for hydroxylation is 2. The van der Waals surface area contributed by atoms with Crippen molar-refractivity contribution >= 4 is 0 Å². The number of nitrogens with zero attached hydrogens (tertiary/aromatic N) is 2. The first-order valence-corrected chi connectivity index (χ1v) is 6.43. The van der Waals surface area contributed by atoms with E-state index in [0.717, 1.165) is 22.5 Å². The highest BCUT2D eigenvalue weighted by molar-refractivity contribution is 5.36. The lowest BCUT2D eigenvalue weighted by molar-refractivity contribution is 0.694. The largest absolute Gasteiger partial charge is 0.348 e. The molecule has 20 heavy (non-hydrogen) atoms. The molecule has 0 fully saturated rings. The van der Waals surface area contributed by atoms with Crippen LogP contribution in [0.2, 0.25) is 0 Å². The number of aromatic nitrogens is 2. The van der Waals surface area contributed by atoms with Gasteiger partial charge in [-0.3, -0.25) is 4.57 Å².